The Hall–Kier alpha value is -1.86. The minimum atomic E-state index is 0.140. The van der Waals surface area contributed by atoms with Crippen LogP contribution in [0, 0.1) is 11.3 Å². The second-order valence-electron chi connectivity index (χ2n) is 4.06. The van der Waals surface area contributed by atoms with Crippen LogP contribution in [0.1, 0.15) is 18.4 Å². The molecule has 0 spiro atoms. The van der Waals surface area contributed by atoms with Gasteiger partial charge in [0.2, 0.25) is 5.91 Å². The fourth-order valence-electron chi connectivity index (χ4n) is 1.96. The molecule has 0 atom stereocenters. The monoisotopic (exact) mass is 229 g/mol. The normalized spacial score (nSPS) is 17.1. The van der Waals surface area contributed by atoms with E-state index in [9.17, 15) is 4.79 Å². The predicted molar refractivity (Wildman–Crippen MR) is 65.6 cm³/mol. The predicted octanol–water partition coefficient (Wildman–Crippen LogP) is 1.27. The van der Waals surface area contributed by atoms with E-state index in [2.05, 4.69) is 11.4 Å². The first-order valence-electron chi connectivity index (χ1n) is 5.82. The summed E-state index contributed by atoms with van der Waals surface area (Å²) in [6.45, 7) is 2.36. The van der Waals surface area contributed by atoms with Gasteiger partial charge in [-0.3, -0.25) is 4.79 Å². The highest BCUT2D eigenvalue weighted by Crippen LogP contribution is 2.17. The van der Waals surface area contributed by atoms with Gasteiger partial charge >= 0.3 is 0 Å². The van der Waals surface area contributed by atoms with Crippen molar-refractivity contribution in [3.63, 3.8) is 0 Å². The molecule has 1 aliphatic rings. The molecular formula is C13H15N3O. The van der Waals surface area contributed by atoms with Crippen LogP contribution in [0.2, 0.25) is 0 Å². The Kier molecular flexibility index (Phi) is 3.73. The molecule has 1 N–H and O–H groups in total. The maximum atomic E-state index is 12.0. The first-order valence-corrected chi connectivity index (χ1v) is 5.82. The van der Waals surface area contributed by atoms with Crippen LogP contribution in [-0.2, 0) is 4.79 Å². The van der Waals surface area contributed by atoms with Crippen LogP contribution >= 0.6 is 0 Å². The van der Waals surface area contributed by atoms with Crippen molar-refractivity contribution < 1.29 is 4.79 Å². The zero-order chi connectivity index (χ0) is 12.1. The average Bonchev–Trinajstić information content (AvgIpc) is 2.34. The van der Waals surface area contributed by atoms with Crippen molar-refractivity contribution >= 4 is 11.6 Å². The summed E-state index contributed by atoms with van der Waals surface area (Å²) in [4.78, 5) is 13.7. The fraction of sp³-hybridized carbons (Fsp3) is 0.385. The van der Waals surface area contributed by atoms with E-state index in [0.29, 0.717) is 18.5 Å². The molecule has 1 amide bonds. The van der Waals surface area contributed by atoms with E-state index in [4.69, 9.17) is 5.26 Å². The number of amides is 1. The molecule has 0 unspecified atom stereocenters. The number of benzene rings is 1. The minimum Gasteiger partial charge on any atom is -0.315 e. The van der Waals surface area contributed by atoms with E-state index in [1.165, 1.54) is 0 Å². The van der Waals surface area contributed by atoms with Crippen LogP contribution in [0.15, 0.2) is 24.3 Å². The Labute approximate surface area is 101 Å². The van der Waals surface area contributed by atoms with Gasteiger partial charge < -0.3 is 10.2 Å². The summed E-state index contributed by atoms with van der Waals surface area (Å²) in [5.41, 5.74) is 1.41. The molecule has 17 heavy (non-hydrogen) atoms. The quantitative estimate of drug-likeness (QED) is 0.789. The summed E-state index contributed by atoms with van der Waals surface area (Å²) < 4.78 is 0. The van der Waals surface area contributed by atoms with E-state index in [1.54, 1.807) is 17.0 Å². The highest BCUT2D eigenvalue weighted by molar-refractivity contribution is 5.93. The Morgan fingerprint density at radius 2 is 2.24 bits per heavy atom. The van der Waals surface area contributed by atoms with Crippen LogP contribution in [-0.4, -0.2) is 25.5 Å². The Balaban J connectivity index is 2.23. The summed E-state index contributed by atoms with van der Waals surface area (Å²) in [6, 6.07) is 9.29. The van der Waals surface area contributed by atoms with Gasteiger partial charge in [-0.05, 0) is 31.2 Å². The number of hydrogen-bond donors (Lipinski definition) is 1. The maximum Gasteiger partial charge on any atom is 0.227 e. The van der Waals surface area contributed by atoms with Gasteiger partial charge in [-0.25, -0.2) is 0 Å². The Bertz CT molecular complexity index is 450. The van der Waals surface area contributed by atoms with Crippen molar-refractivity contribution in [3.8, 4) is 6.07 Å². The largest absolute Gasteiger partial charge is 0.315 e. The molecule has 4 nitrogen and oxygen atoms in total. The molecule has 1 fully saturated rings. The number of hydrogen-bond acceptors (Lipinski definition) is 3. The molecule has 4 heteroatoms. The number of rotatable bonds is 1. The number of carbonyl (C=O) groups excluding carboxylic acids is 1. The van der Waals surface area contributed by atoms with Gasteiger partial charge in [0.25, 0.3) is 0 Å². The third kappa shape index (κ3) is 2.83. The Morgan fingerprint density at radius 1 is 1.35 bits per heavy atom. The molecule has 1 heterocycles. The molecular weight excluding hydrogens is 214 g/mol. The first-order chi connectivity index (χ1) is 8.31. The summed E-state index contributed by atoms with van der Waals surface area (Å²) in [6.07, 6.45) is 1.43. The van der Waals surface area contributed by atoms with E-state index in [-0.39, 0.29) is 5.91 Å². The summed E-state index contributed by atoms with van der Waals surface area (Å²) in [5, 5.41) is 12.1. The van der Waals surface area contributed by atoms with Gasteiger partial charge in [0.15, 0.2) is 0 Å². The highest BCUT2D eigenvalue weighted by atomic mass is 16.2. The van der Waals surface area contributed by atoms with Gasteiger partial charge in [0.05, 0.1) is 11.6 Å². The van der Waals surface area contributed by atoms with Crippen molar-refractivity contribution in [1.29, 1.82) is 5.26 Å². The zero-order valence-corrected chi connectivity index (χ0v) is 9.65. The molecule has 1 aromatic rings. The standard InChI is InChI=1S/C13H15N3O/c14-10-11-3-1-4-12(9-11)16-8-7-15-6-2-5-13(16)17/h1,3-4,9,15H,2,5-8H2. The maximum absolute atomic E-state index is 12.0. The van der Waals surface area contributed by atoms with Crippen LogP contribution < -0.4 is 10.2 Å². The summed E-state index contributed by atoms with van der Waals surface area (Å²) in [7, 11) is 0. The molecule has 88 valence electrons. The fourth-order valence-corrected chi connectivity index (χ4v) is 1.96. The van der Waals surface area contributed by atoms with Crippen LogP contribution in [0.3, 0.4) is 0 Å². The van der Waals surface area contributed by atoms with Crippen LogP contribution in [0.5, 0.6) is 0 Å². The molecule has 1 saturated heterocycles. The van der Waals surface area contributed by atoms with Gasteiger partial charge in [-0.2, -0.15) is 5.26 Å². The van der Waals surface area contributed by atoms with E-state index < -0.39 is 0 Å². The molecule has 2 rings (SSSR count). The topological polar surface area (TPSA) is 56.1 Å². The second kappa shape index (κ2) is 5.46. The van der Waals surface area contributed by atoms with Crippen molar-refractivity contribution in [1.82, 2.24) is 5.32 Å². The van der Waals surface area contributed by atoms with Gasteiger partial charge in [-0.15, -0.1) is 0 Å². The van der Waals surface area contributed by atoms with Crippen LogP contribution in [0.25, 0.3) is 0 Å². The van der Waals surface area contributed by atoms with Crippen LogP contribution in [0.4, 0.5) is 5.69 Å². The van der Waals surface area contributed by atoms with Crippen molar-refractivity contribution in [2.45, 2.75) is 12.8 Å². The highest BCUT2D eigenvalue weighted by Gasteiger charge is 2.17. The number of nitrogens with one attached hydrogen (secondary N) is 1. The lowest BCUT2D eigenvalue weighted by molar-refractivity contribution is -0.118. The van der Waals surface area contributed by atoms with E-state index >= 15 is 0 Å². The van der Waals surface area contributed by atoms with Gasteiger partial charge in [0.1, 0.15) is 0 Å². The molecule has 0 aromatic heterocycles. The average molecular weight is 229 g/mol. The SMILES string of the molecule is N#Cc1cccc(N2CCNCCCC2=O)c1. The molecule has 0 radical (unpaired) electrons. The number of nitrogens with zero attached hydrogens (tertiary/aromatic N) is 2. The third-order valence-corrected chi connectivity index (χ3v) is 2.84. The zero-order valence-electron chi connectivity index (χ0n) is 9.65. The second-order valence-corrected chi connectivity index (χ2v) is 4.06. The van der Waals surface area contributed by atoms with Crippen molar-refractivity contribution in [2.75, 3.05) is 24.5 Å². The smallest absolute Gasteiger partial charge is 0.227 e. The summed E-state index contributed by atoms with van der Waals surface area (Å²) in [5.74, 6) is 0.140. The molecule has 0 saturated carbocycles. The lowest BCUT2D eigenvalue weighted by atomic mass is 10.1. The summed E-state index contributed by atoms with van der Waals surface area (Å²) >= 11 is 0. The lowest BCUT2D eigenvalue weighted by Gasteiger charge is -2.25. The van der Waals surface area contributed by atoms with E-state index in [0.717, 1.165) is 25.2 Å². The van der Waals surface area contributed by atoms with Crippen molar-refractivity contribution in [3.05, 3.63) is 29.8 Å². The minimum absolute atomic E-state index is 0.140. The number of nitriles is 1. The third-order valence-electron chi connectivity index (χ3n) is 2.84. The van der Waals surface area contributed by atoms with E-state index in [1.807, 2.05) is 12.1 Å². The Morgan fingerprint density at radius 3 is 3.06 bits per heavy atom. The molecule has 0 aliphatic carbocycles. The molecule has 1 aliphatic heterocycles. The lowest BCUT2D eigenvalue weighted by Crippen LogP contribution is -2.39. The van der Waals surface area contributed by atoms with Gasteiger partial charge in [0, 0.05) is 25.2 Å². The first kappa shape index (κ1) is 11.6. The molecule has 1 aromatic carbocycles. The number of carbonyl (C=O) groups is 1. The number of anilines is 1. The van der Waals surface area contributed by atoms with Gasteiger partial charge in [-0.1, -0.05) is 6.07 Å². The molecule has 0 bridgehead atoms. The van der Waals surface area contributed by atoms with Crippen molar-refractivity contribution in [2.24, 2.45) is 0 Å².